The maximum atomic E-state index is 4.35. The number of nitrogens with one attached hydrogen (secondary N) is 2. The molecule has 2 aliphatic rings. The average Bonchev–Trinajstić information content (AvgIpc) is 3.12. The molecule has 0 spiro atoms. The molecule has 0 radical (unpaired) electrons. The minimum absolute atomic E-state index is 0.796. The van der Waals surface area contributed by atoms with Crippen molar-refractivity contribution in [2.24, 2.45) is 4.99 Å². The summed E-state index contributed by atoms with van der Waals surface area (Å²) in [5, 5.41) is 6.87. The van der Waals surface area contributed by atoms with Crippen molar-refractivity contribution in [1.29, 1.82) is 0 Å². The molecule has 27 heavy (non-hydrogen) atoms. The van der Waals surface area contributed by atoms with Crippen LogP contribution in [-0.2, 0) is 6.54 Å². The SMILES string of the molecule is CN=C(NCCCN1CCCCCC1)NCc1ccc(N2CC=CC2)cc1. The summed E-state index contributed by atoms with van der Waals surface area (Å²) in [5.74, 6) is 0.888. The first-order valence-electron chi connectivity index (χ1n) is 10.5. The molecule has 0 unspecified atom stereocenters. The van der Waals surface area contributed by atoms with Crippen molar-refractivity contribution in [2.75, 3.05) is 51.2 Å². The van der Waals surface area contributed by atoms with Gasteiger partial charge in [-0.2, -0.15) is 0 Å². The monoisotopic (exact) mass is 369 g/mol. The van der Waals surface area contributed by atoms with E-state index < -0.39 is 0 Å². The van der Waals surface area contributed by atoms with Gasteiger partial charge in [-0.3, -0.25) is 4.99 Å². The number of aliphatic imine (C=N–C) groups is 1. The molecular formula is C22H35N5. The molecule has 0 amide bonds. The summed E-state index contributed by atoms with van der Waals surface area (Å²) in [6, 6.07) is 8.82. The molecule has 1 aromatic rings. The van der Waals surface area contributed by atoms with E-state index in [1.54, 1.807) is 0 Å². The van der Waals surface area contributed by atoms with Crippen LogP contribution in [-0.4, -0.2) is 57.2 Å². The lowest BCUT2D eigenvalue weighted by molar-refractivity contribution is 0.282. The first-order valence-corrected chi connectivity index (χ1v) is 10.5. The second kappa shape index (κ2) is 11.0. The first kappa shape index (κ1) is 19.7. The summed E-state index contributed by atoms with van der Waals surface area (Å²) in [7, 11) is 1.84. The van der Waals surface area contributed by atoms with Crippen LogP contribution in [0.1, 0.15) is 37.7 Å². The zero-order chi connectivity index (χ0) is 18.7. The standard InChI is InChI=1S/C22H35N5/c1-23-22(24-13-8-16-26-14-4-2-3-5-15-26)25-19-20-9-11-21(12-10-20)27-17-6-7-18-27/h6-7,9-12H,2-5,8,13-19H2,1H3,(H2,23,24,25). The summed E-state index contributed by atoms with van der Waals surface area (Å²) in [6.45, 7) is 7.54. The first-order chi connectivity index (χ1) is 13.3. The van der Waals surface area contributed by atoms with Crippen LogP contribution in [0, 0.1) is 0 Å². The quantitative estimate of drug-likeness (QED) is 0.336. The zero-order valence-electron chi connectivity index (χ0n) is 16.8. The zero-order valence-corrected chi connectivity index (χ0v) is 16.8. The van der Waals surface area contributed by atoms with Crippen LogP contribution in [0.25, 0.3) is 0 Å². The molecule has 1 fully saturated rings. The molecule has 0 bridgehead atoms. The minimum atomic E-state index is 0.796. The van der Waals surface area contributed by atoms with Gasteiger partial charge in [-0.15, -0.1) is 0 Å². The number of guanidine groups is 1. The maximum absolute atomic E-state index is 4.35. The second-order valence-corrected chi connectivity index (χ2v) is 7.50. The van der Waals surface area contributed by atoms with Crippen LogP contribution in [0.2, 0.25) is 0 Å². The predicted molar refractivity (Wildman–Crippen MR) is 116 cm³/mol. The van der Waals surface area contributed by atoms with Gasteiger partial charge in [0.2, 0.25) is 0 Å². The van der Waals surface area contributed by atoms with Gasteiger partial charge < -0.3 is 20.4 Å². The van der Waals surface area contributed by atoms with Gasteiger partial charge in [-0.25, -0.2) is 0 Å². The van der Waals surface area contributed by atoms with E-state index in [1.807, 2.05) is 7.05 Å². The van der Waals surface area contributed by atoms with Crippen molar-refractivity contribution in [3.8, 4) is 0 Å². The lowest BCUT2D eigenvalue weighted by atomic mass is 10.2. The fourth-order valence-corrected chi connectivity index (χ4v) is 3.79. The number of hydrogen-bond donors (Lipinski definition) is 2. The fraction of sp³-hybridized carbons (Fsp3) is 0.591. The van der Waals surface area contributed by atoms with Crippen molar-refractivity contribution < 1.29 is 0 Å². The molecule has 2 aliphatic heterocycles. The van der Waals surface area contributed by atoms with E-state index >= 15 is 0 Å². The third-order valence-electron chi connectivity index (χ3n) is 5.45. The van der Waals surface area contributed by atoms with Crippen molar-refractivity contribution in [1.82, 2.24) is 15.5 Å². The number of likely N-dealkylation sites (tertiary alicyclic amines) is 1. The highest BCUT2D eigenvalue weighted by molar-refractivity contribution is 5.79. The van der Waals surface area contributed by atoms with Crippen molar-refractivity contribution in [2.45, 2.75) is 38.6 Å². The van der Waals surface area contributed by atoms with Crippen molar-refractivity contribution in [3.05, 3.63) is 42.0 Å². The fourth-order valence-electron chi connectivity index (χ4n) is 3.79. The van der Waals surface area contributed by atoms with Crippen LogP contribution in [0.15, 0.2) is 41.4 Å². The highest BCUT2D eigenvalue weighted by Crippen LogP contribution is 2.17. The van der Waals surface area contributed by atoms with Gasteiger partial charge in [0, 0.05) is 38.9 Å². The highest BCUT2D eigenvalue weighted by atomic mass is 15.2. The topological polar surface area (TPSA) is 42.9 Å². The van der Waals surface area contributed by atoms with Gasteiger partial charge in [-0.05, 0) is 56.6 Å². The van der Waals surface area contributed by atoms with Gasteiger partial charge in [0.15, 0.2) is 5.96 Å². The smallest absolute Gasteiger partial charge is 0.191 e. The molecule has 2 heterocycles. The van der Waals surface area contributed by atoms with Gasteiger partial charge in [0.1, 0.15) is 0 Å². The summed E-state index contributed by atoms with van der Waals surface area (Å²) in [6.07, 6.45) is 11.1. The summed E-state index contributed by atoms with van der Waals surface area (Å²) in [4.78, 5) is 9.32. The lowest BCUT2D eigenvalue weighted by Crippen LogP contribution is -2.38. The van der Waals surface area contributed by atoms with Gasteiger partial charge in [0.05, 0.1) is 0 Å². The molecule has 0 aliphatic carbocycles. The molecule has 5 heteroatoms. The van der Waals surface area contributed by atoms with Gasteiger partial charge in [0.25, 0.3) is 0 Å². The van der Waals surface area contributed by atoms with Crippen LogP contribution < -0.4 is 15.5 Å². The Bertz CT molecular complexity index is 592. The van der Waals surface area contributed by atoms with E-state index in [2.05, 4.69) is 61.8 Å². The lowest BCUT2D eigenvalue weighted by Gasteiger charge is -2.20. The molecule has 5 nitrogen and oxygen atoms in total. The summed E-state index contributed by atoms with van der Waals surface area (Å²) >= 11 is 0. The normalized spacial score (nSPS) is 18.6. The molecule has 148 valence electrons. The molecule has 0 saturated carbocycles. The minimum Gasteiger partial charge on any atom is -0.364 e. The van der Waals surface area contributed by atoms with Crippen LogP contribution in [0.3, 0.4) is 0 Å². The highest BCUT2D eigenvalue weighted by Gasteiger charge is 2.09. The predicted octanol–water partition coefficient (Wildman–Crippen LogP) is 2.99. The van der Waals surface area contributed by atoms with Gasteiger partial charge >= 0.3 is 0 Å². The molecule has 3 rings (SSSR count). The number of hydrogen-bond acceptors (Lipinski definition) is 3. The summed E-state index contributed by atoms with van der Waals surface area (Å²) in [5.41, 5.74) is 2.57. The molecule has 2 N–H and O–H groups in total. The Kier molecular flexibility index (Phi) is 8.03. The Balaban J connectivity index is 1.33. The third kappa shape index (κ3) is 6.58. The number of benzene rings is 1. The molecule has 0 aromatic heterocycles. The van der Waals surface area contributed by atoms with E-state index in [4.69, 9.17) is 0 Å². The molecule has 0 atom stereocenters. The van der Waals surface area contributed by atoms with Crippen molar-refractivity contribution in [3.63, 3.8) is 0 Å². The van der Waals surface area contributed by atoms with E-state index in [0.29, 0.717) is 0 Å². The van der Waals surface area contributed by atoms with Crippen molar-refractivity contribution >= 4 is 11.6 Å². The van der Waals surface area contributed by atoms with Crippen LogP contribution >= 0.6 is 0 Å². The Morgan fingerprint density at radius 2 is 1.67 bits per heavy atom. The Labute approximate surface area is 164 Å². The average molecular weight is 370 g/mol. The van der Waals surface area contributed by atoms with Crippen LogP contribution in [0.5, 0.6) is 0 Å². The number of nitrogens with zero attached hydrogens (tertiary/aromatic N) is 3. The third-order valence-corrected chi connectivity index (χ3v) is 5.45. The second-order valence-electron chi connectivity index (χ2n) is 7.50. The van der Waals surface area contributed by atoms with E-state index in [9.17, 15) is 0 Å². The Hall–Kier alpha value is -2.01. The Morgan fingerprint density at radius 1 is 0.963 bits per heavy atom. The number of rotatable bonds is 7. The van der Waals surface area contributed by atoms with E-state index in [-0.39, 0.29) is 0 Å². The van der Waals surface area contributed by atoms with Crippen LogP contribution in [0.4, 0.5) is 5.69 Å². The van der Waals surface area contributed by atoms with Gasteiger partial charge in [-0.1, -0.05) is 37.1 Å². The van der Waals surface area contributed by atoms with E-state index in [1.165, 1.54) is 63.0 Å². The largest absolute Gasteiger partial charge is 0.364 e. The Morgan fingerprint density at radius 3 is 2.33 bits per heavy atom. The molecule has 1 saturated heterocycles. The number of anilines is 1. The summed E-state index contributed by atoms with van der Waals surface area (Å²) < 4.78 is 0. The molecule has 1 aromatic carbocycles. The molecular weight excluding hydrogens is 334 g/mol. The maximum Gasteiger partial charge on any atom is 0.191 e. The van der Waals surface area contributed by atoms with E-state index in [0.717, 1.165) is 32.1 Å².